The summed E-state index contributed by atoms with van der Waals surface area (Å²) in [6, 6.07) is 5.53. The second-order valence-electron chi connectivity index (χ2n) is 4.50. The molecule has 17 heavy (non-hydrogen) atoms. The van der Waals surface area contributed by atoms with Crippen molar-refractivity contribution < 1.29 is 4.74 Å². The fourth-order valence-electron chi connectivity index (χ4n) is 1.58. The van der Waals surface area contributed by atoms with Crippen LogP contribution in [0, 0.1) is 0 Å². The molecule has 0 saturated heterocycles. The molecule has 0 atom stereocenters. The lowest BCUT2D eigenvalue weighted by molar-refractivity contribution is 0.158. The van der Waals surface area contributed by atoms with E-state index in [1.54, 1.807) is 7.11 Å². The van der Waals surface area contributed by atoms with Crippen LogP contribution in [0.1, 0.15) is 19.4 Å². The van der Waals surface area contributed by atoms with Crippen molar-refractivity contribution in [3.05, 3.63) is 28.8 Å². The first kappa shape index (κ1) is 14.2. The maximum absolute atomic E-state index is 6.09. The van der Waals surface area contributed by atoms with Crippen LogP contribution >= 0.6 is 23.8 Å². The van der Waals surface area contributed by atoms with Crippen LogP contribution in [0.15, 0.2) is 18.2 Å². The Morgan fingerprint density at radius 2 is 2.18 bits per heavy atom. The summed E-state index contributed by atoms with van der Waals surface area (Å²) in [4.78, 5) is 0.303. The Hall–Kier alpha value is -0.840. The number of halogens is 1. The van der Waals surface area contributed by atoms with Gasteiger partial charge in [0, 0.05) is 18.4 Å². The van der Waals surface area contributed by atoms with Gasteiger partial charge in [-0.25, -0.2) is 0 Å². The first-order valence-electron chi connectivity index (χ1n) is 5.22. The summed E-state index contributed by atoms with van der Waals surface area (Å²) in [5.41, 5.74) is 6.99. The van der Waals surface area contributed by atoms with Gasteiger partial charge in [0.25, 0.3) is 0 Å². The van der Waals surface area contributed by atoms with Gasteiger partial charge in [-0.3, -0.25) is 0 Å². The molecule has 0 aliphatic heterocycles. The van der Waals surface area contributed by atoms with Crippen LogP contribution in [0.25, 0.3) is 0 Å². The van der Waals surface area contributed by atoms with Crippen LogP contribution in [-0.2, 0) is 4.74 Å². The van der Waals surface area contributed by atoms with E-state index in [4.69, 9.17) is 34.3 Å². The van der Waals surface area contributed by atoms with E-state index in [2.05, 4.69) is 5.32 Å². The van der Waals surface area contributed by atoms with Crippen molar-refractivity contribution in [2.75, 3.05) is 19.0 Å². The fraction of sp³-hybridized carbons (Fsp3) is 0.417. The summed E-state index contributed by atoms with van der Waals surface area (Å²) in [7, 11) is 1.67. The Kier molecular flexibility index (Phi) is 4.74. The van der Waals surface area contributed by atoms with E-state index in [-0.39, 0.29) is 5.54 Å². The molecule has 3 nitrogen and oxygen atoms in total. The number of hydrogen-bond acceptors (Lipinski definition) is 3. The molecular formula is C12H17ClN2OS. The third-order valence-corrected chi connectivity index (χ3v) is 2.76. The normalized spacial score (nSPS) is 11.3. The number of rotatable bonds is 5. The zero-order valence-corrected chi connectivity index (χ0v) is 11.8. The second-order valence-corrected chi connectivity index (χ2v) is 5.35. The van der Waals surface area contributed by atoms with Crippen LogP contribution in [0.3, 0.4) is 0 Å². The Bertz CT molecular complexity index is 421. The molecule has 0 unspecified atom stereocenters. The molecular weight excluding hydrogens is 256 g/mol. The molecule has 94 valence electrons. The van der Waals surface area contributed by atoms with Crippen molar-refractivity contribution in [3.8, 4) is 0 Å². The first-order chi connectivity index (χ1) is 7.85. The fourth-order valence-corrected chi connectivity index (χ4v) is 2.10. The molecule has 0 aliphatic carbocycles. The summed E-state index contributed by atoms with van der Waals surface area (Å²) in [5.74, 6) is 0. The van der Waals surface area contributed by atoms with Gasteiger partial charge in [-0.05, 0) is 32.0 Å². The van der Waals surface area contributed by atoms with E-state index in [0.29, 0.717) is 22.2 Å². The molecule has 0 aliphatic rings. The minimum atomic E-state index is -0.164. The summed E-state index contributed by atoms with van der Waals surface area (Å²) >= 11 is 11.0. The second kappa shape index (κ2) is 5.67. The molecule has 0 bridgehead atoms. The van der Waals surface area contributed by atoms with Crippen molar-refractivity contribution in [1.29, 1.82) is 0 Å². The number of thiocarbonyl (C=S) groups is 1. The van der Waals surface area contributed by atoms with E-state index in [1.807, 2.05) is 32.0 Å². The quantitative estimate of drug-likeness (QED) is 0.810. The summed E-state index contributed by atoms with van der Waals surface area (Å²) in [6.07, 6.45) is 0. The van der Waals surface area contributed by atoms with Crippen LogP contribution in [0.4, 0.5) is 5.69 Å². The average Bonchev–Trinajstić information content (AvgIpc) is 2.15. The lowest BCUT2D eigenvalue weighted by Crippen LogP contribution is -2.35. The predicted molar refractivity (Wildman–Crippen MR) is 76.9 cm³/mol. The van der Waals surface area contributed by atoms with Gasteiger partial charge in [-0.2, -0.15) is 0 Å². The van der Waals surface area contributed by atoms with Crippen molar-refractivity contribution in [2.45, 2.75) is 19.4 Å². The number of anilines is 1. The summed E-state index contributed by atoms with van der Waals surface area (Å²) in [6.45, 7) is 4.69. The van der Waals surface area contributed by atoms with Crippen LogP contribution in [0.2, 0.25) is 5.02 Å². The molecule has 0 amide bonds. The number of methoxy groups -OCH3 is 1. The molecule has 0 spiro atoms. The van der Waals surface area contributed by atoms with Gasteiger partial charge in [-0.1, -0.05) is 23.8 Å². The topological polar surface area (TPSA) is 47.3 Å². The highest BCUT2D eigenvalue weighted by Crippen LogP contribution is 2.23. The third-order valence-electron chi connectivity index (χ3n) is 2.22. The number of ether oxygens (including phenoxy) is 1. The van der Waals surface area contributed by atoms with E-state index >= 15 is 0 Å². The predicted octanol–water partition coefficient (Wildman–Crippen LogP) is 2.81. The summed E-state index contributed by atoms with van der Waals surface area (Å²) in [5, 5.41) is 3.88. The van der Waals surface area contributed by atoms with E-state index in [1.165, 1.54) is 0 Å². The zero-order chi connectivity index (χ0) is 13.1. The highest BCUT2D eigenvalue weighted by atomic mass is 35.5. The molecule has 0 aromatic heterocycles. The monoisotopic (exact) mass is 272 g/mol. The molecule has 1 aromatic carbocycles. The zero-order valence-electron chi connectivity index (χ0n) is 10.2. The molecule has 1 rings (SSSR count). The van der Waals surface area contributed by atoms with Gasteiger partial charge >= 0.3 is 0 Å². The molecule has 0 fully saturated rings. The standard InChI is InChI=1S/C12H17ClN2OS/c1-12(2,7-16-3)15-8-4-5-9(11(14)17)10(13)6-8/h4-6,15H,7H2,1-3H3,(H2,14,17). The molecule has 3 N–H and O–H groups in total. The number of benzene rings is 1. The minimum Gasteiger partial charge on any atom is -0.389 e. The van der Waals surface area contributed by atoms with Gasteiger partial charge in [-0.15, -0.1) is 0 Å². The van der Waals surface area contributed by atoms with Crippen molar-refractivity contribution >= 4 is 34.5 Å². The maximum Gasteiger partial charge on any atom is 0.105 e. The lowest BCUT2D eigenvalue weighted by Gasteiger charge is -2.26. The lowest BCUT2D eigenvalue weighted by atomic mass is 10.1. The highest BCUT2D eigenvalue weighted by molar-refractivity contribution is 7.80. The smallest absolute Gasteiger partial charge is 0.105 e. The molecule has 0 heterocycles. The van der Waals surface area contributed by atoms with Gasteiger partial charge in [0.15, 0.2) is 0 Å². The van der Waals surface area contributed by atoms with Crippen molar-refractivity contribution in [1.82, 2.24) is 0 Å². The van der Waals surface area contributed by atoms with Gasteiger partial charge in [0.1, 0.15) is 4.99 Å². The van der Waals surface area contributed by atoms with E-state index in [0.717, 1.165) is 5.69 Å². The van der Waals surface area contributed by atoms with Crippen molar-refractivity contribution in [3.63, 3.8) is 0 Å². The van der Waals surface area contributed by atoms with Crippen LogP contribution in [0.5, 0.6) is 0 Å². The molecule has 1 aromatic rings. The summed E-state index contributed by atoms with van der Waals surface area (Å²) < 4.78 is 5.13. The van der Waals surface area contributed by atoms with E-state index < -0.39 is 0 Å². The van der Waals surface area contributed by atoms with E-state index in [9.17, 15) is 0 Å². The molecule has 5 heteroatoms. The Morgan fingerprint density at radius 1 is 1.53 bits per heavy atom. The van der Waals surface area contributed by atoms with Crippen LogP contribution in [-0.4, -0.2) is 24.2 Å². The molecule has 0 saturated carbocycles. The Morgan fingerprint density at radius 3 is 2.65 bits per heavy atom. The molecule has 0 radical (unpaired) electrons. The van der Waals surface area contributed by atoms with Crippen molar-refractivity contribution in [2.24, 2.45) is 5.73 Å². The Balaban J connectivity index is 2.88. The minimum absolute atomic E-state index is 0.164. The third kappa shape index (κ3) is 4.15. The number of nitrogens with two attached hydrogens (primary N) is 1. The average molecular weight is 273 g/mol. The number of nitrogens with one attached hydrogen (secondary N) is 1. The maximum atomic E-state index is 6.09. The van der Waals surface area contributed by atoms with Gasteiger partial charge in [0.05, 0.1) is 17.2 Å². The Labute approximate surface area is 112 Å². The SMILES string of the molecule is COCC(C)(C)Nc1ccc(C(N)=S)c(Cl)c1. The first-order valence-corrected chi connectivity index (χ1v) is 6.01. The highest BCUT2D eigenvalue weighted by Gasteiger charge is 2.17. The number of hydrogen-bond donors (Lipinski definition) is 2. The van der Waals surface area contributed by atoms with Gasteiger partial charge in [0.2, 0.25) is 0 Å². The largest absolute Gasteiger partial charge is 0.389 e. The van der Waals surface area contributed by atoms with Crippen LogP contribution < -0.4 is 11.1 Å². The van der Waals surface area contributed by atoms with Gasteiger partial charge < -0.3 is 15.8 Å².